The van der Waals surface area contributed by atoms with Crippen molar-refractivity contribution in [2.75, 3.05) is 26.3 Å². The molecule has 21 heavy (non-hydrogen) atoms. The highest BCUT2D eigenvalue weighted by atomic mass is 16.5. The van der Waals surface area contributed by atoms with Crippen LogP contribution in [0.2, 0.25) is 0 Å². The Kier molecular flexibility index (Phi) is 8.22. The standard InChI is InChI=1S/C18H37NO2/c1-6-12-19-15-18(10-8-16(7-2)9-11-18)21-14-13-20-17(3,4)5/h16,19H,6-15H2,1-5H3. The lowest BCUT2D eigenvalue weighted by molar-refractivity contribution is -0.110. The molecule has 0 spiro atoms. The summed E-state index contributed by atoms with van der Waals surface area (Å²) >= 11 is 0. The Morgan fingerprint density at radius 3 is 2.29 bits per heavy atom. The maximum atomic E-state index is 6.32. The minimum atomic E-state index is -0.0726. The third-order valence-corrected chi connectivity index (χ3v) is 4.49. The summed E-state index contributed by atoms with van der Waals surface area (Å²) in [6.07, 6.45) is 7.50. The highest BCUT2D eigenvalue weighted by Gasteiger charge is 2.35. The Hall–Kier alpha value is -0.120. The van der Waals surface area contributed by atoms with Gasteiger partial charge in [-0.15, -0.1) is 0 Å². The van der Waals surface area contributed by atoms with Crippen molar-refractivity contribution in [2.45, 2.75) is 84.3 Å². The van der Waals surface area contributed by atoms with Gasteiger partial charge in [0.2, 0.25) is 0 Å². The predicted octanol–water partition coefficient (Wildman–Crippen LogP) is 4.16. The number of hydrogen-bond donors (Lipinski definition) is 1. The van der Waals surface area contributed by atoms with Gasteiger partial charge in [0, 0.05) is 6.54 Å². The van der Waals surface area contributed by atoms with E-state index in [-0.39, 0.29) is 11.2 Å². The zero-order chi connectivity index (χ0) is 15.8. The molecule has 0 aromatic carbocycles. The van der Waals surface area contributed by atoms with Gasteiger partial charge in [0.1, 0.15) is 0 Å². The molecule has 1 fully saturated rings. The number of rotatable bonds is 9. The minimum Gasteiger partial charge on any atom is -0.373 e. The molecule has 0 aromatic heterocycles. The molecule has 0 amide bonds. The number of ether oxygens (including phenoxy) is 2. The average Bonchev–Trinajstić information content (AvgIpc) is 2.44. The fourth-order valence-corrected chi connectivity index (χ4v) is 3.08. The van der Waals surface area contributed by atoms with Crippen LogP contribution in [0.1, 0.15) is 73.1 Å². The van der Waals surface area contributed by atoms with E-state index in [0.29, 0.717) is 13.2 Å². The Labute approximate surface area is 132 Å². The Balaban J connectivity index is 2.41. The molecule has 1 saturated carbocycles. The summed E-state index contributed by atoms with van der Waals surface area (Å²) in [6.45, 7) is 14.3. The molecule has 1 aliphatic rings. The highest BCUT2D eigenvalue weighted by molar-refractivity contribution is 4.89. The zero-order valence-corrected chi connectivity index (χ0v) is 15.0. The van der Waals surface area contributed by atoms with Crippen LogP contribution < -0.4 is 5.32 Å². The van der Waals surface area contributed by atoms with Gasteiger partial charge in [0.25, 0.3) is 0 Å². The smallest absolute Gasteiger partial charge is 0.0807 e. The van der Waals surface area contributed by atoms with Gasteiger partial charge in [-0.3, -0.25) is 0 Å². The summed E-state index contributed by atoms with van der Waals surface area (Å²) in [4.78, 5) is 0. The molecule has 0 atom stereocenters. The molecule has 0 aliphatic heterocycles. The topological polar surface area (TPSA) is 30.5 Å². The molecular weight excluding hydrogens is 262 g/mol. The monoisotopic (exact) mass is 299 g/mol. The van der Waals surface area contributed by atoms with E-state index in [9.17, 15) is 0 Å². The van der Waals surface area contributed by atoms with Crippen molar-refractivity contribution in [1.29, 1.82) is 0 Å². The van der Waals surface area contributed by atoms with Crippen LogP contribution in [0.15, 0.2) is 0 Å². The lowest BCUT2D eigenvalue weighted by Gasteiger charge is -2.40. The molecule has 3 heteroatoms. The van der Waals surface area contributed by atoms with Crippen LogP contribution >= 0.6 is 0 Å². The summed E-state index contributed by atoms with van der Waals surface area (Å²) in [5.74, 6) is 0.902. The van der Waals surface area contributed by atoms with Crippen molar-refractivity contribution in [3.05, 3.63) is 0 Å². The average molecular weight is 299 g/mol. The fourth-order valence-electron chi connectivity index (χ4n) is 3.08. The van der Waals surface area contributed by atoms with Crippen molar-refractivity contribution in [3.8, 4) is 0 Å². The number of hydrogen-bond acceptors (Lipinski definition) is 3. The predicted molar refractivity (Wildman–Crippen MR) is 89.8 cm³/mol. The van der Waals surface area contributed by atoms with E-state index in [2.05, 4.69) is 39.9 Å². The second-order valence-electron chi connectivity index (χ2n) is 7.52. The van der Waals surface area contributed by atoms with E-state index in [1.807, 2.05) is 0 Å². The van der Waals surface area contributed by atoms with E-state index in [0.717, 1.165) is 19.0 Å². The Morgan fingerprint density at radius 1 is 1.10 bits per heavy atom. The second kappa shape index (κ2) is 9.12. The van der Waals surface area contributed by atoms with Crippen LogP contribution in [0.4, 0.5) is 0 Å². The van der Waals surface area contributed by atoms with Crippen LogP contribution in [0.5, 0.6) is 0 Å². The molecular formula is C18H37NO2. The maximum Gasteiger partial charge on any atom is 0.0807 e. The van der Waals surface area contributed by atoms with E-state index in [1.54, 1.807) is 0 Å². The molecule has 0 heterocycles. The Bertz CT molecular complexity index is 259. The van der Waals surface area contributed by atoms with Crippen molar-refractivity contribution in [2.24, 2.45) is 5.92 Å². The van der Waals surface area contributed by atoms with Gasteiger partial charge in [-0.2, -0.15) is 0 Å². The summed E-state index contributed by atoms with van der Waals surface area (Å²) < 4.78 is 12.1. The zero-order valence-electron chi connectivity index (χ0n) is 15.0. The van der Waals surface area contributed by atoms with Crippen LogP contribution in [-0.2, 0) is 9.47 Å². The van der Waals surface area contributed by atoms with E-state index < -0.39 is 0 Å². The summed E-state index contributed by atoms with van der Waals surface area (Å²) in [7, 11) is 0. The lowest BCUT2D eigenvalue weighted by Crippen LogP contribution is -2.46. The van der Waals surface area contributed by atoms with Gasteiger partial charge in [0.05, 0.1) is 24.4 Å². The second-order valence-corrected chi connectivity index (χ2v) is 7.52. The third-order valence-electron chi connectivity index (χ3n) is 4.49. The minimum absolute atomic E-state index is 0.0437. The summed E-state index contributed by atoms with van der Waals surface area (Å²) in [5.41, 5.74) is -0.0288. The molecule has 1 rings (SSSR count). The van der Waals surface area contributed by atoms with Crippen molar-refractivity contribution >= 4 is 0 Å². The maximum absolute atomic E-state index is 6.32. The van der Waals surface area contributed by atoms with Crippen molar-refractivity contribution in [1.82, 2.24) is 5.32 Å². The van der Waals surface area contributed by atoms with Crippen molar-refractivity contribution < 1.29 is 9.47 Å². The first kappa shape index (κ1) is 18.9. The van der Waals surface area contributed by atoms with Gasteiger partial charge < -0.3 is 14.8 Å². The fraction of sp³-hybridized carbons (Fsp3) is 1.00. The lowest BCUT2D eigenvalue weighted by atomic mass is 9.77. The molecule has 126 valence electrons. The summed E-state index contributed by atoms with van der Waals surface area (Å²) in [6, 6.07) is 0. The first-order chi connectivity index (χ1) is 9.91. The van der Waals surface area contributed by atoms with Gasteiger partial charge in [0.15, 0.2) is 0 Å². The van der Waals surface area contributed by atoms with Crippen LogP contribution in [0.25, 0.3) is 0 Å². The van der Waals surface area contributed by atoms with Crippen LogP contribution in [-0.4, -0.2) is 37.5 Å². The molecule has 1 N–H and O–H groups in total. The molecule has 3 nitrogen and oxygen atoms in total. The highest BCUT2D eigenvalue weighted by Crippen LogP contribution is 2.36. The third kappa shape index (κ3) is 7.62. The van der Waals surface area contributed by atoms with Crippen LogP contribution in [0, 0.1) is 5.92 Å². The van der Waals surface area contributed by atoms with Gasteiger partial charge >= 0.3 is 0 Å². The molecule has 0 bridgehead atoms. The van der Waals surface area contributed by atoms with Gasteiger partial charge in [-0.1, -0.05) is 20.3 Å². The summed E-state index contributed by atoms with van der Waals surface area (Å²) in [5, 5.41) is 3.57. The molecule has 0 aromatic rings. The molecule has 0 unspecified atom stereocenters. The van der Waals surface area contributed by atoms with Gasteiger partial charge in [-0.05, 0) is 65.3 Å². The quantitative estimate of drug-likeness (QED) is 0.649. The first-order valence-electron chi connectivity index (χ1n) is 8.89. The number of nitrogens with one attached hydrogen (secondary N) is 1. The normalized spacial score (nSPS) is 27.0. The largest absolute Gasteiger partial charge is 0.373 e. The van der Waals surface area contributed by atoms with E-state index in [4.69, 9.17) is 9.47 Å². The van der Waals surface area contributed by atoms with E-state index >= 15 is 0 Å². The molecule has 0 saturated heterocycles. The van der Waals surface area contributed by atoms with Crippen LogP contribution in [0.3, 0.4) is 0 Å². The van der Waals surface area contributed by atoms with E-state index in [1.165, 1.54) is 38.5 Å². The Morgan fingerprint density at radius 2 is 1.76 bits per heavy atom. The van der Waals surface area contributed by atoms with Gasteiger partial charge in [-0.25, -0.2) is 0 Å². The molecule has 0 radical (unpaired) electrons. The molecule has 1 aliphatic carbocycles. The van der Waals surface area contributed by atoms with Crippen molar-refractivity contribution in [3.63, 3.8) is 0 Å². The SMILES string of the molecule is CCCNCC1(OCCOC(C)(C)C)CCC(CC)CC1. The first-order valence-corrected chi connectivity index (χ1v) is 8.89.